The zero-order chi connectivity index (χ0) is 14.9. The number of carbonyl (C=O) groups excluding carboxylic acids is 1. The molecule has 1 fully saturated rings. The van der Waals surface area contributed by atoms with Crippen LogP contribution in [-0.4, -0.2) is 44.0 Å². The largest absolute Gasteiger partial charge is 0.343 e. The van der Waals surface area contributed by atoms with E-state index in [1.807, 2.05) is 11.0 Å². The second kappa shape index (κ2) is 5.18. The predicted molar refractivity (Wildman–Crippen MR) is 77.1 cm³/mol. The second-order valence-electron chi connectivity index (χ2n) is 5.29. The highest BCUT2D eigenvalue weighted by Gasteiger charge is 2.30. The number of benzene rings is 1. The SMILES string of the molecule is O=C(c1ccc2nccnc2c1)N1CC[C@@H](c2ncon2)C1. The van der Waals surface area contributed by atoms with Crippen LogP contribution in [0.15, 0.2) is 41.5 Å². The number of hydrogen-bond donors (Lipinski definition) is 0. The summed E-state index contributed by atoms with van der Waals surface area (Å²) >= 11 is 0. The Hall–Kier alpha value is -2.83. The van der Waals surface area contributed by atoms with Crippen molar-refractivity contribution in [1.82, 2.24) is 25.0 Å². The molecule has 0 aliphatic carbocycles. The topological polar surface area (TPSA) is 85.0 Å². The van der Waals surface area contributed by atoms with Crippen LogP contribution in [0.4, 0.5) is 0 Å². The van der Waals surface area contributed by atoms with E-state index in [4.69, 9.17) is 4.52 Å². The predicted octanol–water partition coefficient (Wildman–Crippen LogP) is 1.64. The van der Waals surface area contributed by atoms with Crippen molar-refractivity contribution in [3.63, 3.8) is 0 Å². The molecule has 0 saturated carbocycles. The maximum absolute atomic E-state index is 12.6. The number of aromatic nitrogens is 4. The first-order valence-corrected chi connectivity index (χ1v) is 7.07. The van der Waals surface area contributed by atoms with Crippen LogP contribution < -0.4 is 0 Å². The number of carbonyl (C=O) groups is 1. The van der Waals surface area contributed by atoms with Crippen LogP contribution >= 0.6 is 0 Å². The molecule has 0 unspecified atom stereocenters. The average molecular weight is 295 g/mol. The van der Waals surface area contributed by atoms with Gasteiger partial charge in [-0.1, -0.05) is 5.16 Å². The third-order valence-electron chi connectivity index (χ3n) is 3.94. The lowest BCUT2D eigenvalue weighted by Crippen LogP contribution is -2.28. The van der Waals surface area contributed by atoms with Crippen molar-refractivity contribution >= 4 is 16.9 Å². The molecule has 0 spiro atoms. The third-order valence-corrected chi connectivity index (χ3v) is 3.94. The fourth-order valence-corrected chi connectivity index (χ4v) is 2.79. The lowest BCUT2D eigenvalue weighted by molar-refractivity contribution is 0.0790. The molecule has 1 aromatic carbocycles. The fourth-order valence-electron chi connectivity index (χ4n) is 2.79. The van der Waals surface area contributed by atoms with Gasteiger partial charge in [-0.2, -0.15) is 4.98 Å². The first kappa shape index (κ1) is 12.9. The van der Waals surface area contributed by atoms with Gasteiger partial charge in [-0.25, -0.2) is 0 Å². The highest BCUT2D eigenvalue weighted by atomic mass is 16.5. The second-order valence-corrected chi connectivity index (χ2v) is 5.29. The molecule has 3 aromatic rings. The summed E-state index contributed by atoms with van der Waals surface area (Å²) in [6.07, 6.45) is 5.43. The van der Waals surface area contributed by atoms with Gasteiger partial charge in [-0.15, -0.1) is 0 Å². The van der Waals surface area contributed by atoms with Gasteiger partial charge in [0.15, 0.2) is 5.82 Å². The molecule has 0 bridgehead atoms. The number of likely N-dealkylation sites (tertiary alicyclic amines) is 1. The van der Waals surface area contributed by atoms with Gasteiger partial charge in [0.1, 0.15) is 0 Å². The Bertz CT molecular complexity index is 818. The molecule has 1 aliphatic rings. The smallest absolute Gasteiger partial charge is 0.253 e. The van der Waals surface area contributed by atoms with Gasteiger partial charge in [0.05, 0.1) is 11.0 Å². The fraction of sp³-hybridized carbons (Fsp3) is 0.267. The lowest BCUT2D eigenvalue weighted by atomic mass is 10.1. The van der Waals surface area contributed by atoms with Crippen molar-refractivity contribution in [2.75, 3.05) is 13.1 Å². The van der Waals surface area contributed by atoms with E-state index in [0.29, 0.717) is 24.5 Å². The molecule has 2 aromatic heterocycles. The molecular formula is C15H13N5O2. The first-order chi connectivity index (χ1) is 10.8. The highest BCUT2D eigenvalue weighted by Crippen LogP contribution is 2.26. The summed E-state index contributed by atoms with van der Waals surface area (Å²) in [6, 6.07) is 5.40. The Kier molecular flexibility index (Phi) is 3.03. The van der Waals surface area contributed by atoms with Gasteiger partial charge in [-0.3, -0.25) is 14.8 Å². The minimum absolute atomic E-state index is 0.00134. The minimum atomic E-state index is -0.00134. The Morgan fingerprint density at radius 3 is 2.86 bits per heavy atom. The van der Waals surface area contributed by atoms with Crippen molar-refractivity contribution in [1.29, 1.82) is 0 Å². The van der Waals surface area contributed by atoms with Gasteiger partial charge in [0, 0.05) is 37.0 Å². The third kappa shape index (κ3) is 2.20. The Morgan fingerprint density at radius 2 is 2.05 bits per heavy atom. The zero-order valence-corrected chi connectivity index (χ0v) is 11.7. The summed E-state index contributed by atoms with van der Waals surface area (Å²) in [7, 11) is 0. The van der Waals surface area contributed by atoms with Crippen molar-refractivity contribution in [3.8, 4) is 0 Å². The zero-order valence-electron chi connectivity index (χ0n) is 11.7. The molecule has 0 N–H and O–H groups in total. The number of nitrogens with zero attached hydrogens (tertiary/aromatic N) is 5. The van der Waals surface area contributed by atoms with E-state index in [-0.39, 0.29) is 11.8 Å². The molecule has 22 heavy (non-hydrogen) atoms. The number of rotatable bonds is 2. The molecule has 7 nitrogen and oxygen atoms in total. The van der Waals surface area contributed by atoms with Gasteiger partial charge < -0.3 is 9.42 Å². The van der Waals surface area contributed by atoms with E-state index in [1.165, 1.54) is 6.39 Å². The monoisotopic (exact) mass is 295 g/mol. The summed E-state index contributed by atoms with van der Waals surface area (Å²) in [4.78, 5) is 27.0. The summed E-state index contributed by atoms with van der Waals surface area (Å²) in [5, 5.41) is 3.86. The van der Waals surface area contributed by atoms with Crippen LogP contribution in [0.25, 0.3) is 11.0 Å². The molecule has 0 radical (unpaired) electrons. The van der Waals surface area contributed by atoms with E-state index in [1.54, 1.807) is 24.5 Å². The molecule has 4 rings (SSSR count). The van der Waals surface area contributed by atoms with E-state index >= 15 is 0 Å². The van der Waals surface area contributed by atoms with Crippen molar-refractivity contribution < 1.29 is 9.32 Å². The number of fused-ring (bicyclic) bond motifs is 1. The quantitative estimate of drug-likeness (QED) is 0.714. The molecule has 1 atom stereocenters. The number of amides is 1. The molecule has 1 amide bonds. The van der Waals surface area contributed by atoms with Gasteiger partial charge in [0.2, 0.25) is 6.39 Å². The first-order valence-electron chi connectivity index (χ1n) is 7.07. The molecule has 1 aliphatic heterocycles. The van der Waals surface area contributed by atoms with Crippen molar-refractivity contribution in [2.45, 2.75) is 12.3 Å². The van der Waals surface area contributed by atoms with Crippen LogP contribution in [0.3, 0.4) is 0 Å². The Morgan fingerprint density at radius 1 is 1.18 bits per heavy atom. The molecule has 110 valence electrons. The Balaban J connectivity index is 1.56. The highest BCUT2D eigenvalue weighted by molar-refractivity contribution is 5.97. The molecular weight excluding hydrogens is 282 g/mol. The summed E-state index contributed by atoms with van der Waals surface area (Å²) in [6.45, 7) is 1.30. The molecule has 7 heteroatoms. The van der Waals surface area contributed by atoms with Crippen LogP contribution in [0.2, 0.25) is 0 Å². The van der Waals surface area contributed by atoms with Crippen molar-refractivity contribution in [3.05, 3.63) is 48.4 Å². The Labute approximate surface area is 126 Å². The van der Waals surface area contributed by atoms with E-state index < -0.39 is 0 Å². The van der Waals surface area contributed by atoms with Crippen molar-refractivity contribution in [2.24, 2.45) is 0 Å². The van der Waals surface area contributed by atoms with E-state index in [0.717, 1.165) is 17.5 Å². The maximum Gasteiger partial charge on any atom is 0.253 e. The lowest BCUT2D eigenvalue weighted by Gasteiger charge is -2.16. The van der Waals surface area contributed by atoms with Gasteiger partial charge >= 0.3 is 0 Å². The van der Waals surface area contributed by atoms with E-state index in [2.05, 4.69) is 20.1 Å². The summed E-state index contributed by atoms with van der Waals surface area (Å²) < 4.78 is 4.78. The minimum Gasteiger partial charge on any atom is -0.343 e. The normalized spacial score (nSPS) is 18.0. The van der Waals surface area contributed by atoms with Crippen LogP contribution in [0, 0.1) is 0 Å². The standard InChI is InChI=1S/C15H13N5O2/c21-15(10-1-2-12-13(7-10)17-5-4-16-12)20-6-3-11(8-20)14-18-9-22-19-14/h1-2,4-5,7,9,11H,3,6,8H2/t11-/m1/s1. The summed E-state index contributed by atoms with van der Waals surface area (Å²) in [5.74, 6) is 0.807. The van der Waals surface area contributed by atoms with E-state index in [9.17, 15) is 4.79 Å². The average Bonchev–Trinajstić information content (AvgIpc) is 3.24. The summed E-state index contributed by atoms with van der Waals surface area (Å²) in [5.41, 5.74) is 2.13. The van der Waals surface area contributed by atoms with Gasteiger partial charge in [-0.05, 0) is 24.6 Å². The van der Waals surface area contributed by atoms with Crippen LogP contribution in [0.1, 0.15) is 28.5 Å². The van der Waals surface area contributed by atoms with Crippen LogP contribution in [-0.2, 0) is 0 Å². The maximum atomic E-state index is 12.6. The molecule has 3 heterocycles. The van der Waals surface area contributed by atoms with Crippen LogP contribution in [0.5, 0.6) is 0 Å². The number of hydrogen-bond acceptors (Lipinski definition) is 6. The molecule has 1 saturated heterocycles. The van der Waals surface area contributed by atoms with Gasteiger partial charge in [0.25, 0.3) is 5.91 Å².